The maximum atomic E-state index is 13.3. The number of rotatable bonds is 6. The molecule has 1 aromatic rings. The third kappa shape index (κ3) is 4.25. The number of hydrogen-bond donors (Lipinski definition) is 2. The first kappa shape index (κ1) is 16.0. The van der Waals surface area contributed by atoms with Crippen molar-refractivity contribution in [1.82, 2.24) is 5.32 Å². The fourth-order valence-electron chi connectivity index (χ4n) is 1.54. The van der Waals surface area contributed by atoms with Gasteiger partial charge < -0.3 is 10.4 Å². The summed E-state index contributed by atoms with van der Waals surface area (Å²) in [7, 11) is 0. The van der Waals surface area contributed by atoms with E-state index in [-0.39, 0.29) is 18.9 Å². The van der Waals surface area contributed by atoms with Crippen LogP contribution in [-0.4, -0.2) is 23.5 Å². The Hall–Kier alpha value is -2.05. The number of amides is 1. The third-order valence-corrected chi connectivity index (χ3v) is 2.74. The standard InChI is InChI=1S/C13H14F3NO3/c1-7(2-5-10(18)19)6-17-13(20)8-3-4-9(14)12(16)11(8)15/h3-4,7H,2,5-6H2,1H3,(H,17,20)(H,18,19). The highest BCUT2D eigenvalue weighted by Gasteiger charge is 2.19. The summed E-state index contributed by atoms with van der Waals surface area (Å²) in [4.78, 5) is 22.0. The van der Waals surface area contributed by atoms with Crippen LogP contribution in [0.25, 0.3) is 0 Å². The average Bonchev–Trinajstić information content (AvgIpc) is 2.40. The van der Waals surface area contributed by atoms with E-state index >= 15 is 0 Å². The van der Waals surface area contributed by atoms with Crippen LogP contribution in [0.15, 0.2) is 12.1 Å². The number of hydrogen-bond acceptors (Lipinski definition) is 2. The molecule has 7 heteroatoms. The van der Waals surface area contributed by atoms with Crippen molar-refractivity contribution in [1.29, 1.82) is 0 Å². The predicted octanol–water partition coefficient (Wildman–Crippen LogP) is 2.33. The topological polar surface area (TPSA) is 66.4 Å². The number of halogens is 3. The number of carbonyl (C=O) groups is 2. The minimum atomic E-state index is -1.70. The smallest absolute Gasteiger partial charge is 0.303 e. The molecular formula is C13H14F3NO3. The zero-order valence-corrected chi connectivity index (χ0v) is 10.8. The van der Waals surface area contributed by atoms with Crippen LogP contribution in [0, 0.1) is 23.4 Å². The molecular weight excluding hydrogens is 275 g/mol. The molecule has 0 saturated carbocycles. The zero-order valence-electron chi connectivity index (χ0n) is 10.8. The molecule has 0 saturated heterocycles. The van der Waals surface area contributed by atoms with Gasteiger partial charge in [0, 0.05) is 13.0 Å². The van der Waals surface area contributed by atoms with Crippen LogP contribution < -0.4 is 5.32 Å². The van der Waals surface area contributed by atoms with Crippen molar-refractivity contribution in [3.8, 4) is 0 Å². The van der Waals surface area contributed by atoms with Gasteiger partial charge in [-0.1, -0.05) is 6.92 Å². The largest absolute Gasteiger partial charge is 0.481 e. The van der Waals surface area contributed by atoms with Gasteiger partial charge in [-0.25, -0.2) is 13.2 Å². The van der Waals surface area contributed by atoms with E-state index in [0.717, 1.165) is 6.07 Å². The summed E-state index contributed by atoms with van der Waals surface area (Å²) < 4.78 is 39.0. The zero-order chi connectivity index (χ0) is 15.3. The van der Waals surface area contributed by atoms with E-state index in [1.54, 1.807) is 6.92 Å². The van der Waals surface area contributed by atoms with Crippen molar-refractivity contribution in [2.45, 2.75) is 19.8 Å². The van der Waals surface area contributed by atoms with Crippen LogP contribution in [-0.2, 0) is 4.79 Å². The lowest BCUT2D eigenvalue weighted by atomic mass is 10.1. The molecule has 4 nitrogen and oxygen atoms in total. The van der Waals surface area contributed by atoms with Gasteiger partial charge in [0.25, 0.3) is 5.91 Å². The van der Waals surface area contributed by atoms with Gasteiger partial charge in [-0.2, -0.15) is 0 Å². The monoisotopic (exact) mass is 289 g/mol. The first-order valence-electron chi connectivity index (χ1n) is 5.96. The summed E-state index contributed by atoms with van der Waals surface area (Å²) in [5.74, 6) is -6.56. The number of carboxylic acid groups (broad SMARTS) is 1. The van der Waals surface area contributed by atoms with Crippen LogP contribution in [0.3, 0.4) is 0 Å². The van der Waals surface area contributed by atoms with Crippen molar-refractivity contribution in [3.63, 3.8) is 0 Å². The normalized spacial score (nSPS) is 12.0. The minimum absolute atomic E-state index is 0.0451. The van der Waals surface area contributed by atoms with Crippen molar-refractivity contribution in [3.05, 3.63) is 35.1 Å². The summed E-state index contributed by atoms with van der Waals surface area (Å²) in [5.41, 5.74) is -0.589. The van der Waals surface area contributed by atoms with Crippen molar-refractivity contribution in [2.75, 3.05) is 6.54 Å². The van der Waals surface area contributed by atoms with Crippen LogP contribution in [0.5, 0.6) is 0 Å². The summed E-state index contributed by atoms with van der Waals surface area (Å²) in [6.07, 6.45) is 0.298. The molecule has 1 unspecified atom stereocenters. The van der Waals surface area contributed by atoms with Crippen molar-refractivity contribution >= 4 is 11.9 Å². The van der Waals surface area contributed by atoms with Gasteiger partial charge in [-0.15, -0.1) is 0 Å². The summed E-state index contributed by atoms with van der Waals surface area (Å²) in [6.45, 7) is 1.83. The quantitative estimate of drug-likeness (QED) is 0.790. The Morgan fingerprint density at radius 2 is 1.90 bits per heavy atom. The van der Waals surface area contributed by atoms with Gasteiger partial charge in [-0.3, -0.25) is 9.59 Å². The molecule has 110 valence electrons. The van der Waals surface area contributed by atoms with E-state index in [4.69, 9.17) is 5.11 Å². The Morgan fingerprint density at radius 3 is 2.50 bits per heavy atom. The van der Waals surface area contributed by atoms with Crippen molar-refractivity contribution in [2.24, 2.45) is 5.92 Å². The highest BCUT2D eigenvalue weighted by molar-refractivity contribution is 5.94. The van der Waals surface area contributed by atoms with Crippen LogP contribution in [0.1, 0.15) is 30.1 Å². The van der Waals surface area contributed by atoms with E-state index in [2.05, 4.69) is 5.32 Å². The van der Waals surface area contributed by atoms with E-state index in [1.807, 2.05) is 0 Å². The Labute approximate surface area is 113 Å². The summed E-state index contributed by atoms with van der Waals surface area (Å²) in [5, 5.41) is 10.8. The van der Waals surface area contributed by atoms with E-state index in [0.29, 0.717) is 12.5 Å². The van der Waals surface area contributed by atoms with E-state index in [1.165, 1.54) is 0 Å². The molecule has 0 spiro atoms. The third-order valence-electron chi connectivity index (χ3n) is 2.74. The number of benzene rings is 1. The number of aliphatic carboxylic acids is 1. The van der Waals surface area contributed by atoms with Gasteiger partial charge >= 0.3 is 5.97 Å². The SMILES string of the molecule is CC(CCC(=O)O)CNC(=O)c1ccc(F)c(F)c1F. The molecule has 20 heavy (non-hydrogen) atoms. The lowest BCUT2D eigenvalue weighted by Gasteiger charge is -2.12. The lowest BCUT2D eigenvalue weighted by molar-refractivity contribution is -0.137. The highest BCUT2D eigenvalue weighted by atomic mass is 19.2. The Kier molecular flexibility index (Phi) is 5.54. The number of nitrogens with one attached hydrogen (secondary N) is 1. The Balaban J connectivity index is 2.59. The molecule has 2 N–H and O–H groups in total. The van der Waals surface area contributed by atoms with E-state index < -0.39 is 34.9 Å². The molecule has 0 fully saturated rings. The van der Waals surface area contributed by atoms with Crippen LogP contribution in [0.2, 0.25) is 0 Å². The second kappa shape index (κ2) is 6.93. The molecule has 1 aromatic carbocycles. The van der Waals surface area contributed by atoms with Gasteiger partial charge in [0.2, 0.25) is 0 Å². The molecule has 0 heterocycles. The van der Waals surface area contributed by atoms with Gasteiger partial charge in [0.1, 0.15) is 0 Å². The maximum Gasteiger partial charge on any atom is 0.303 e. The molecule has 0 aliphatic carbocycles. The average molecular weight is 289 g/mol. The summed E-state index contributed by atoms with van der Waals surface area (Å²) >= 11 is 0. The van der Waals surface area contributed by atoms with Crippen LogP contribution >= 0.6 is 0 Å². The van der Waals surface area contributed by atoms with Crippen LogP contribution in [0.4, 0.5) is 13.2 Å². The second-order valence-corrected chi connectivity index (χ2v) is 4.47. The molecule has 0 bridgehead atoms. The van der Waals surface area contributed by atoms with Gasteiger partial charge in [0.15, 0.2) is 17.5 Å². The molecule has 1 amide bonds. The first-order valence-corrected chi connectivity index (χ1v) is 5.96. The number of carboxylic acids is 1. The molecule has 1 rings (SSSR count). The molecule has 0 aromatic heterocycles. The maximum absolute atomic E-state index is 13.3. The Morgan fingerprint density at radius 1 is 1.25 bits per heavy atom. The highest BCUT2D eigenvalue weighted by Crippen LogP contribution is 2.15. The van der Waals surface area contributed by atoms with Crippen molar-refractivity contribution < 1.29 is 27.9 Å². The fourth-order valence-corrected chi connectivity index (χ4v) is 1.54. The molecule has 0 aliphatic rings. The van der Waals surface area contributed by atoms with Gasteiger partial charge in [-0.05, 0) is 24.5 Å². The number of carbonyl (C=O) groups excluding carboxylic acids is 1. The fraction of sp³-hybridized carbons (Fsp3) is 0.385. The first-order chi connectivity index (χ1) is 9.32. The van der Waals surface area contributed by atoms with Gasteiger partial charge in [0.05, 0.1) is 5.56 Å². The minimum Gasteiger partial charge on any atom is -0.481 e. The molecule has 0 aliphatic heterocycles. The van der Waals surface area contributed by atoms with E-state index in [9.17, 15) is 22.8 Å². The second-order valence-electron chi connectivity index (χ2n) is 4.47. The molecule has 0 radical (unpaired) electrons. The summed E-state index contributed by atoms with van der Waals surface area (Å²) in [6, 6.07) is 1.52. The molecule has 1 atom stereocenters. The predicted molar refractivity (Wildman–Crippen MR) is 64.7 cm³/mol. The Bertz CT molecular complexity index is 520. The lowest BCUT2D eigenvalue weighted by Crippen LogP contribution is -2.29.